The predicted octanol–water partition coefficient (Wildman–Crippen LogP) is 4.26. The fourth-order valence-corrected chi connectivity index (χ4v) is 3.80. The lowest BCUT2D eigenvalue weighted by atomic mass is 10.3. The molecule has 0 radical (unpaired) electrons. The maximum atomic E-state index is 6.26. The molecule has 1 fully saturated rings. The first-order valence-electron chi connectivity index (χ1n) is 8.17. The number of nitrogens with zero attached hydrogens (tertiary/aromatic N) is 4. The van der Waals surface area contributed by atoms with Crippen LogP contribution in [-0.4, -0.2) is 39.2 Å². The van der Waals surface area contributed by atoms with Gasteiger partial charge in [0.2, 0.25) is 0 Å². The molecule has 0 aliphatic heterocycles. The second-order valence-electron chi connectivity index (χ2n) is 6.50. The van der Waals surface area contributed by atoms with Crippen LogP contribution < -0.4 is 5.32 Å². The van der Waals surface area contributed by atoms with Crippen LogP contribution in [0.5, 0.6) is 0 Å². The Balaban J connectivity index is 1.56. The minimum atomic E-state index is 0.477. The lowest BCUT2D eigenvalue weighted by molar-refractivity contribution is 0.406. The molecule has 0 saturated heterocycles. The van der Waals surface area contributed by atoms with Crippen LogP contribution in [0.15, 0.2) is 24.4 Å². The van der Waals surface area contributed by atoms with Gasteiger partial charge in [-0.2, -0.15) is 5.10 Å². The van der Waals surface area contributed by atoms with Crippen LogP contribution >= 0.6 is 22.9 Å². The Hall–Kier alpha value is -1.96. The predicted molar refractivity (Wildman–Crippen MR) is 102 cm³/mol. The van der Waals surface area contributed by atoms with Crippen LogP contribution in [0, 0.1) is 0 Å². The molecule has 3 aromatic rings. The first kappa shape index (κ1) is 16.5. The summed E-state index contributed by atoms with van der Waals surface area (Å²) < 4.78 is 0. The third-order valence-corrected chi connectivity index (χ3v) is 5.30. The van der Waals surface area contributed by atoms with E-state index >= 15 is 0 Å². The molecule has 0 spiro atoms. The van der Waals surface area contributed by atoms with E-state index in [-0.39, 0.29) is 0 Å². The third-order valence-electron chi connectivity index (χ3n) is 3.96. The summed E-state index contributed by atoms with van der Waals surface area (Å²) in [6.45, 7) is 0.903. The number of H-pyrrole nitrogens is 1. The molecule has 1 aliphatic rings. The van der Waals surface area contributed by atoms with Crippen LogP contribution in [0.1, 0.15) is 29.3 Å². The molecule has 3 aromatic heterocycles. The third kappa shape index (κ3) is 3.84. The molecule has 4 rings (SSSR count). The van der Waals surface area contributed by atoms with E-state index in [2.05, 4.69) is 56.6 Å². The molecule has 2 N–H and O–H groups in total. The minimum Gasteiger partial charge on any atom is -0.322 e. The van der Waals surface area contributed by atoms with Gasteiger partial charge >= 0.3 is 0 Å². The number of anilines is 2. The lowest BCUT2D eigenvalue weighted by Gasteiger charge is -2.07. The van der Waals surface area contributed by atoms with Crippen molar-refractivity contribution in [2.45, 2.75) is 25.3 Å². The van der Waals surface area contributed by atoms with Crippen LogP contribution in [0.4, 0.5) is 11.6 Å². The number of aromatic nitrogens is 4. The van der Waals surface area contributed by atoms with Crippen molar-refractivity contribution < 1.29 is 0 Å². The van der Waals surface area contributed by atoms with Gasteiger partial charge in [0, 0.05) is 29.1 Å². The first-order valence-corrected chi connectivity index (χ1v) is 9.36. The molecule has 0 unspecified atom stereocenters. The Morgan fingerprint density at radius 3 is 2.96 bits per heavy atom. The van der Waals surface area contributed by atoms with Gasteiger partial charge in [0.1, 0.15) is 5.02 Å². The Morgan fingerprint density at radius 2 is 2.20 bits per heavy atom. The number of hydrogen-bond donors (Lipinski definition) is 2. The summed E-state index contributed by atoms with van der Waals surface area (Å²) in [6, 6.07) is 6.19. The molecule has 1 aliphatic carbocycles. The van der Waals surface area contributed by atoms with E-state index in [0.717, 1.165) is 17.2 Å². The number of rotatable bonds is 6. The molecular formula is C17H19ClN6S. The highest BCUT2D eigenvalue weighted by Crippen LogP contribution is 2.40. The van der Waals surface area contributed by atoms with E-state index in [1.54, 1.807) is 17.5 Å². The molecule has 25 heavy (non-hydrogen) atoms. The van der Waals surface area contributed by atoms with Gasteiger partial charge in [-0.1, -0.05) is 11.6 Å². The molecule has 0 bridgehead atoms. The van der Waals surface area contributed by atoms with E-state index in [1.165, 1.54) is 23.4 Å². The zero-order chi connectivity index (χ0) is 17.4. The van der Waals surface area contributed by atoms with E-state index in [4.69, 9.17) is 11.6 Å². The van der Waals surface area contributed by atoms with Crippen molar-refractivity contribution in [3.63, 3.8) is 0 Å². The highest BCUT2D eigenvalue weighted by molar-refractivity contribution is 7.15. The molecule has 0 amide bonds. The van der Waals surface area contributed by atoms with Crippen molar-refractivity contribution in [3.05, 3.63) is 40.0 Å². The van der Waals surface area contributed by atoms with Crippen LogP contribution in [0.3, 0.4) is 0 Å². The zero-order valence-electron chi connectivity index (χ0n) is 14.1. The molecule has 6 nitrogen and oxygen atoms in total. The highest BCUT2D eigenvalue weighted by atomic mass is 35.5. The zero-order valence-corrected chi connectivity index (χ0v) is 15.7. The van der Waals surface area contributed by atoms with E-state index in [0.29, 0.717) is 22.6 Å². The number of aromatic amines is 1. The average Bonchev–Trinajstić information content (AvgIpc) is 3.15. The van der Waals surface area contributed by atoms with Crippen molar-refractivity contribution >= 4 is 34.6 Å². The van der Waals surface area contributed by atoms with Gasteiger partial charge in [-0.15, -0.1) is 11.3 Å². The quantitative estimate of drug-likeness (QED) is 0.674. The van der Waals surface area contributed by atoms with Crippen molar-refractivity contribution in [3.8, 4) is 10.7 Å². The SMILES string of the molecule is CN(C)Cc1ccc(-c2ncc(Cl)c(Nc3cc(C4CC4)[nH]n3)n2)s1. The van der Waals surface area contributed by atoms with Crippen LogP contribution in [-0.2, 0) is 6.54 Å². The van der Waals surface area contributed by atoms with Crippen molar-refractivity contribution in [1.82, 2.24) is 25.1 Å². The van der Waals surface area contributed by atoms with Gasteiger partial charge in [0.15, 0.2) is 17.5 Å². The minimum absolute atomic E-state index is 0.477. The lowest BCUT2D eigenvalue weighted by Crippen LogP contribution is -2.09. The van der Waals surface area contributed by atoms with E-state index in [1.807, 2.05) is 6.07 Å². The summed E-state index contributed by atoms with van der Waals surface area (Å²) >= 11 is 7.95. The summed E-state index contributed by atoms with van der Waals surface area (Å²) in [4.78, 5) is 13.4. The van der Waals surface area contributed by atoms with Crippen LogP contribution in [0.25, 0.3) is 10.7 Å². The van der Waals surface area contributed by atoms with Crippen molar-refractivity contribution in [1.29, 1.82) is 0 Å². The fourth-order valence-electron chi connectivity index (χ4n) is 2.59. The normalized spacial score (nSPS) is 14.2. The van der Waals surface area contributed by atoms with Gasteiger partial charge in [-0.3, -0.25) is 5.10 Å². The highest BCUT2D eigenvalue weighted by Gasteiger charge is 2.25. The monoisotopic (exact) mass is 374 g/mol. The summed E-state index contributed by atoms with van der Waals surface area (Å²) in [6.07, 6.45) is 4.09. The topological polar surface area (TPSA) is 69.7 Å². The van der Waals surface area contributed by atoms with Crippen LogP contribution in [0.2, 0.25) is 5.02 Å². The molecular weight excluding hydrogens is 356 g/mol. The first-order chi connectivity index (χ1) is 12.1. The maximum Gasteiger partial charge on any atom is 0.171 e. The number of hydrogen-bond acceptors (Lipinski definition) is 6. The Labute approximate surface area is 155 Å². The van der Waals surface area contributed by atoms with Gasteiger partial charge in [0.25, 0.3) is 0 Å². The second-order valence-corrected chi connectivity index (χ2v) is 8.08. The van der Waals surface area contributed by atoms with Gasteiger partial charge in [0.05, 0.1) is 11.1 Å². The summed E-state index contributed by atoms with van der Waals surface area (Å²) in [5.41, 5.74) is 1.17. The second kappa shape index (κ2) is 6.74. The Kier molecular flexibility index (Phi) is 4.45. The smallest absolute Gasteiger partial charge is 0.171 e. The van der Waals surface area contributed by atoms with Crippen molar-refractivity contribution in [2.24, 2.45) is 0 Å². The summed E-state index contributed by atoms with van der Waals surface area (Å²) in [7, 11) is 4.11. The van der Waals surface area contributed by atoms with E-state index < -0.39 is 0 Å². The summed E-state index contributed by atoms with van der Waals surface area (Å²) in [5, 5.41) is 11.0. The molecule has 8 heteroatoms. The van der Waals surface area contributed by atoms with Gasteiger partial charge in [-0.05, 0) is 39.1 Å². The average molecular weight is 375 g/mol. The molecule has 1 saturated carbocycles. The molecule has 0 atom stereocenters. The van der Waals surface area contributed by atoms with Crippen molar-refractivity contribution in [2.75, 3.05) is 19.4 Å². The largest absolute Gasteiger partial charge is 0.322 e. The standard InChI is InChI=1S/C17H19ClN6S/c1-24(2)9-11-5-6-14(25-11)17-19-8-12(18)16(21-17)20-15-7-13(22-23-15)10-3-4-10/h5-8,10H,3-4,9H2,1-2H3,(H2,19,20,21,22,23). The van der Waals surface area contributed by atoms with Gasteiger partial charge in [-0.25, -0.2) is 9.97 Å². The number of nitrogens with one attached hydrogen (secondary N) is 2. The summed E-state index contributed by atoms with van der Waals surface area (Å²) in [5.74, 6) is 2.59. The fraction of sp³-hybridized carbons (Fsp3) is 0.353. The maximum absolute atomic E-state index is 6.26. The number of halogens is 1. The number of thiophene rings is 1. The molecule has 0 aromatic carbocycles. The van der Waals surface area contributed by atoms with Gasteiger partial charge < -0.3 is 10.2 Å². The molecule has 3 heterocycles. The van der Waals surface area contributed by atoms with E-state index in [9.17, 15) is 0 Å². The molecule has 130 valence electrons. The Morgan fingerprint density at radius 1 is 1.36 bits per heavy atom. The Bertz CT molecular complexity index is 883.